The van der Waals surface area contributed by atoms with Crippen LogP contribution in [-0.4, -0.2) is 104 Å². The van der Waals surface area contributed by atoms with Crippen LogP contribution in [0.3, 0.4) is 0 Å². The number of hydrogen-bond acceptors (Lipinski definition) is 14. The average molecular weight is 991 g/mol. The fourth-order valence-electron chi connectivity index (χ4n) is 8.16. The Kier molecular flexibility index (Phi) is 14.1. The summed E-state index contributed by atoms with van der Waals surface area (Å²) in [6.45, 7) is 8.02. The Hall–Kier alpha value is -7.40. The first-order valence-electron chi connectivity index (χ1n) is 22.3. The lowest BCUT2D eigenvalue weighted by Gasteiger charge is -2.14. The van der Waals surface area contributed by atoms with Gasteiger partial charge in [-0.25, -0.2) is 48.3 Å². The number of amides is 4. The molecule has 2 aliphatic rings. The summed E-state index contributed by atoms with van der Waals surface area (Å²) >= 11 is 2.73. The van der Waals surface area contributed by atoms with Crippen LogP contribution in [0.25, 0.3) is 63.6 Å². The summed E-state index contributed by atoms with van der Waals surface area (Å²) in [5.41, 5.74) is 16.9. The van der Waals surface area contributed by atoms with Gasteiger partial charge in [-0.15, -0.1) is 22.7 Å². The Balaban J connectivity index is 0.000000174. The third kappa shape index (κ3) is 10.3. The number of carbonyl (C=O) groups excluding carboxylic acids is 2. The number of rotatable bonds is 14. The van der Waals surface area contributed by atoms with Gasteiger partial charge in [-0.3, -0.25) is 0 Å². The van der Waals surface area contributed by atoms with Crippen molar-refractivity contribution < 1.29 is 27.2 Å². The fraction of sp³-hybridized carbons (Fsp3) is 0.250. The van der Waals surface area contributed by atoms with E-state index in [-0.39, 0.29) is 47.4 Å². The summed E-state index contributed by atoms with van der Waals surface area (Å²) in [7, 11) is 0. The number of thiophene rings is 2. The summed E-state index contributed by atoms with van der Waals surface area (Å²) in [5.74, 6) is -1.74. The molecule has 0 bridgehead atoms. The van der Waals surface area contributed by atoms with Crippen molar-refractivity contribution in [3.63, 3.8) is 0 Å². The number of nitrogens with two attached hydrogens (primary N) is 2. The van der Waals surface area contributed by atoms with Gasteiger partial charge in [-0.05, 0) is 59.0 Å². The van der Waals surface area contributed by atoms with E-state index in [4.69, 9.17) is 11.5 Å². The van der Waals surface area contributed by atoms with Crippen molar-refractivity contribution in [3.05, 3.63) is 120 Å². The molecule has 70 heavy (non-hydrogen) atoms. The SMILES string of the molecule is C[C@@H](N)c1cnc(F)cc1-c1cccc2cc(-c3nc(NCCN4CCNC4=O)ncc3F)sc12.C[C@H](N)c1cnc(F)cc1-c1cccc2cc(-c3nc(NCCN4CCNC4=O)ncc3F)sc12. The second-order valence-electron chi connectivity index (χ2n) is 16.5. The molecule has 22 heteroatoms. The topological polar surface area (TPSA) is 218 Å². The van der Waals surface area contributed by atoms with Crippen LogP contribution < -0.4 is 32.7 Å². The molecule has 10 rings (SSSR count). The number of nitrogens with zero attached hydrogens (tertiary/aromatic N) is 8. The van der Waals surface area contributed by atoms with E-state index in [0.717, 1.165) is 54.8 Å². The van der Waals surface area contributed by atoms with E-state index in [1.165, 1.54) is 47.2 Å². The molecule has 2 saturated heterocycles. The van der Waals surface area contributed by atoms with Crippen molar-refractivity contribution in [2.24, 2.45) is 11.5 Å². The van der Waals surface area contributed by atoms with Gasteiger partial charge in [0.15, 0.2) is 11.6 Å². The zero-order valence-electron chi connectivity index (χ0n) is 37.8. The molecule has 0 spiro atoms. The van der Waals surface area contributed by atoms with Gasteiger partial charge in [0.05, 0.1) is 22.1 Å². The van der Waals surface area contributed by atoms with Gasteiger partial charge in [-0.2, -0.15) is 8.78 Å². The van der Waals surface area contributed by atoms with E-state index in [9.17, 15) is 27.2 Å². The number of fused-ring (bicyclic) bond motifs is 2. The Labute approximate surface area is 406 Å². The zero-order chi connectivity index (χ0) is 49.1. The molecular weight excluding hydrogens is 945 g/mol. The van der Waals surface area contributed by atoms with Crippen LogP contribution in [0.5, 0.6) is 0 Å². The normalized spacial score (nSPS) is 14.4. The standard InChI is InChI=1S/2C24H23F2N7OS/c2*1-13(27)17-11-30-20(26)10-16(17)15-4-2-3-14-9-19(35-22(14)15)21-18(25)12-31-23(32-21)28-5-7-33-8-6-29-24(33)34/h2*2-4,9-13H,5-8,27H2,1H3,(H,29,34)(H,28,31,32)/t2*13-/m10/s1. The minimum atomic E-state index is -0.595. The van der Waals surface area contributed by atoms with Gasteiger partial charge in [0.1, 0.15) is 11.4 Å². The number of hydrogen-bond donors (Lipinski definition) is 6. The van der Waals surface area contributed by atoms with E-state index < -0.39 is 23.5 Å². The highest BCUT2D eigenvalue weighted by Crippen LogP contribution is 2.43. The van der Waals surface area contributed by atoms with Crippen LogP contribution in [0.15, 0.2) is 85.5 Å². The molecule has 16 nitrogen and oxygen atoms in total. The summed E-state index contributed by atoms with van der Waals surface area (Å²) < 4.78 is 59.3. The van der Waals surface area contributed by atoms with Crippen molar-refractivity contribution >= 4 is 66.8 Å². The lowest BCUT2D eigenvalue weighted by atomic mass is 9.97. The fourth-order valence-corrected chi connectivity index (χ4v) is 10.5. The number of nitrogens with one attached hydrogen (secondary N) is 4. The van der Waals surface area contributed by atoms with Gasteiger partial charge in [0.2, 0.25) is 23.8 Å². The van der Waals surface area contributed by atoms with Gasteiger partial charge >= 0.3 is 12.1 Å². The third-order valence-electron chi connectivity index (χ3n) is 11.6. The second kappa shape index (κ2) is 20.7. The Morgan fingerprint density at radius 2 is 1.04 bits per heavy atom. The lowest BCUT2D eigenvalue weighted by Crippen LogP contribution is -2.32. The summed E-state index contributed by atoms with van der Waals surface area (Å²) in [6, 6.07) is 16.9. The molecule has 8 heterocycles. The molecule has 0 saturated carbocycles. The molecule has 0 unspecified atom stereocenters. The first-order valence-corrected chi connectivity index (χ1v) is 23.9. The second-order valence-corrected chi connectivity index (χ2v) is 18.6. The van der Waals surface area contributed by atoms with Gasteiger partial charge < -0.3 is 42.5 Å². The molecule has 0 aliphatic carbocycles. The highest BCUT2D eigenvalue weighted by Gasteiger charge is 2.23. The average Bonchev–Trinajstić information content (AvgIpc) is 4.17. The Bertz CT molecular complexity index is 3030. The number of aromatic nitrogens is 6. The maximum Gasteiger partial charge on any atom is 0.317 e. The minimum absolute atomic E-state index is 0.102. The minimum Gasteiger partial charge on any atom is -0.352 e. The van der Waals surface area contributed by atoms with Gasteiger partial charge in [0.25, 0.3) is 0 Å². The number of carbonyl (C=O) groups is 2. The quantitative estimate of drug-likeness (QED) is 0.0448. The van der Waals surface area contributed by atoms with Crippen molar-refractivity contribution in [3.8, 4) is 43.4 Å². The first kappa shape index (κ1) is 47.7. The van der Waals surface area contributed by atoms with E-state index >= 15 is 0 Å². The summed E-state index contributed by atoms with van der Waals surface area (Å²) in [5, 5.41) is 13.4. The Morgan fingerprint density at radius 1 is 0.614 bits per heavy atom. The third-order valence-corrected chi connectivity index (χ3v) is 14.0. The predicted octanol–water partition coefficient (Wildman–Crippen LogP) is 8.31. The van der Waals surface area contributed by atoms with Crippen LogP contribution in [0.1, 0.15) is 37.1 Å². The van der Waals surface area contributed by atoms with Crippen LogP contribution in [0.4, 0.5) is 39.0 Å². The number of halogens is 4. The van der Waals surface area contributed by atoms with Crippen LogP contribution in [0.2, 0.25) is 0 Å². The molecule has 2 fully saturated rings. The van der Waals surface area contributed by atoms with E-state index in [0.29, 0.717) is 73.2 Å². The molecule has 360 valence electrons. The number of urea groups is 2. The summed E-state index contributed by atoms with van der Waals surface area (Å²) in [4.78, 5) is 52.3. The lowest BCUT2D eigenvalue weighted by molar-refractivity contribution is 0.218. The summed E-state index contributed by atoms with van der Waals surface area (Å²) in [6.07, 6.45) is 5.17. The van der Waals surface area contributed by atoms with E-state index in [1.54, 1.807) is 9.80 Å². The first-order chi connectivity index (χ1) is 33.8. The zero-order valence-corrected chi connectivity index (χ0v) is 39.4. The highest BCUT2D eigenvalue weighted by molar-refractivity contribution is 7.23. The van der Waals surface area contributed by atoms with Crippen LogP contribution >= 0.6 is 22.7 Å². The molecular formula is C48H46F4N14O2S2. The largest absolute Gasteiger partial charge is 0.352 e. The smallest absolute Gasteiger partial charge is 0.317 e. The maximum absolute atomic E-state index is 14.8. The van der Waals surface area contributed by atoms with Crippen molar-refractivity contribution in [2.45, 2.75) is 25.9 Å². The number of benzene rings is 2. The molecule has 0 radical (unpaired) electrons. The van der Waals surface area contributed by atoms with Crippen LogP contribution in [0, 0.1) is 23.5 Å². The number of anilines is 2. The van der Waals surface area contributed by atoms with Crippen LogP contribution in [-0.2, 0) is 0 Å². The van der Waals surface area contributed by atoms with Crippen molar-refractivity contribution in [1.82, 2.24) is 50.3 Å². The van der Waals surface area contributed by atoms with E-state index in [1.807, 2.05) is 62.4 Å². The molecule has 2 aliphatic heterocycles. The Morgan fingerprint density at radius 3 is 1.43 bits per heavy atom. The molecule has 4 amide bonds. The monoisotopic (exact) mass is 990 g/mol. The number of pyridine rings is 2. The van der Waals surface area contributed by atoms with E-state index in [2.05, 4.69) is 51.2 Å². The van der Waals surface area contributed by atoms with Gasteiger partial charge in [0, 0.05) is 109 Å². The maximum atomic E-state index is 14.8. The molecule has 8 aromatic rings. The predicted molar refractivity (Wildman–Crippen MR) is 264 cm³/mol. The van der Waals surface area contributed by atoms with Gasteiger partial charge in [-0.1, -0.05) is 36.4 Å². The molecule has 8 N–H and O–H groups in total. The highest BCUT2D eigenvalue weighted by atomic mass is 32.1. The van der Waals surface area contributed by atoms with Crippen molar-refractivity contribution in [2.75, 3.05) is 63.0 Å². The van der Waals surface area contributed by atoms with Crippen molar-refractivity contribution in [1.29, 1.82) is 0 Å². The molecule has 2 aromatic carbocycles. The molecule has 2 atom stereocenters. The molecule has 6 aromatic heterocycles.